The summed E-state index contributed by atoms with van der Waals surface area (Å²) in [5.74, 6) is -1.67. The van der Waals surface area contributed by atoms with Gasteiger partial charge < -0.3 is 15.0 Å². The van der Waals surface area contributed by atoms with Gasteiger partial charge in [-0.3, -0.25) is 14.4 Å². The molecule has 1 saturated heterocycles. The third kappa shape index (κ3) is 4.17. The van der Waals surface area contributed by atoms with Crippen LogP contribution in [-0.2, 0) is 19.1 Å². The maximum atomic E-state index is 12.6. The molecule has 3 aromatic rings. The van der Waals surface area contributed by atoms with Gasteiger partial charge in [0.2, 0.25) is 5.91 Å². The Kier molecular flexibility index (Phi) is 5.48. The molecule has 6 heteroatoms. The first-order valence-electron chi connectivity index (χ1n) is 9.82. The molecule has 4 rings (SSSR count). The Bertz CT molecular complexity index is 1120. The highest BCUT2D eigenvalue weighted by Crippen LogP contribution is 2.32. The van der Waals surface area contributed by atoms with Crippen molar-refractivity contribution >= 4 is 39.9 Å². The van der Waals surface area contributed by atoms with Gasteiger partial charge in [0, 0.05) is 24.0 Å². The van der Waals surface area contributed by atoms with Gasteiger partial charge in [-0.05, 0) is 36.1 Å². The van der Waals surface area contributed by atoms with Gasteiger partial charge in [0.15, 0.2) is 6.61 Å². The lowest BCUT2D eigenvalue weighted by Gasteiger charge is -2.18. The molecule has 0 radical (unpaired) electrons. The van der Waals surface area contributed by atoms with Crippen molar-refractivity contribution in [3.8, 4) is 0 Å². The average Bonchev–Trinajstić information content (AvgIpc) is 3.13. The number of nitrogens with zero attached hydrogens (tertiary/aromatic N) is 1. The molecule has 1 N–H and O–H groups in total. The molecule has 0 aromatic heterocycles. The zero-order valence-corrected chi connectivity index (χ0v) is 16.6. The number of aryl methyl sites for hydroxylation is 1. The Morgan fingerprint density at radius 3 is 2.67 bits per heavy atom. The van der Waals surface area contributed by atoms with Gasteiger partial charge >= 0.3 is 5.97 Å². The quantitative estimate of drug-likeness (QED) is 0.661. The lowest BCUT2D eigenvalue weighted by molar-refractivity contribution is -0.151. The number of amides is 2. The number of ether oxygens (including phenoxy) is 1. The Hall–Kier alpha value is -3.67. The predicted octanol–water partition coefficient (Wildman–Crippen LogP) is 3.68. The molecule has 1 aliphatic rings. The molecular formula is C24H22N2O4. The van der Waals surface area contributed by atoms with Gasteiger partial charge in [-0.2, -0.15) is 0 Å². The van der Waals surface area contributed by atoms with Crippen LogP contribution in [0.2, 0.25) is 0 Å². The van der Waals surface area contributed by atoms with Crippen LogP contribution in [0, 0.1) is 12.8 Å². The van der Waals surface area contributed by atoms with Gasteiger partial charge in [-0.1, -0.05) is 48.5 Å². The second kappa shape index (κ2) is 8.37. The van der Waals surface area contributed by atoms with Crippen molar-refractivity contribution in [3.63, 3.8) is 0 Å². The van der Waals surface area contributed by atoms with Crippen LogP contribution in [0.1, 0.15) is 12.0 Å². The van der Waals surface area contributed by atoms with Crippen LogP contribution in [-0.4, -0.2) is 30.9 Å². The third-order valence-corrected chi connectivity index (χ3v) is 5.16. The van der Waals surface area contributed by atoms with Crippen LogP contribution in [0.5, 0.6) is 0 Å². The highest BCUT2D eigenvalue weighted by Gasteiger charge is 2.36. The van der Waals surface area contributed by atoms with E-state index < -0.39 is 17.8 Å². The van der Waals surface area contributed by atoms with Gasteiger partial charge in [0.25, 0.3) is 5.91 Å². The maximum Gasteiger partial charge on any atom is 0.311 e. The molecule has 0 aliphatic carbocycles. The average molecular weight is 402 g/mol. The zero-order valence-electron chi connectivity index (χ0n) is 16.6. The van der Waals surface area contributed by atoms with Crippen molar-refractivity contribution in [3.05, 3.63) is 72.3 Å². The molecule has 0 spiro atoms. The van der Waals surface area contributed by atoms with E-state index in [1.54, 1.807) is 11.0 Å². The van der Waals surface area contributed by atoms with E-state index in [0.29, 0.717) is 5.69 Å². The van der Waals surface area contributed by atoms with Crippen LogP contribution < -0.4 is 10.2 Å². The number of hydrogen-bond acceptors (Lipinski definition) is 4. The number of esters is 1. The number of nitrogens with one attached hydrogen (secondary N) is 1. The fourth-order valence-electron chi connectivity index (χ4n) is 3.72. The summed E-state index contributed by atoms with van der Waals surface area (Å²) in [6.07, 6.45) is 0.0710. The fraction of sp³-hybridized carbons (Fsp3) is 0.208. The molecule has 0 bridgehead atoms. The number of anilines is 2. The Morgan fingerprint density at radius 2 is 1.83 bits per heavy atom. The summed E-state index contributed by atoms with van der Waals surface area (Å²) >= 11 is 0. The van der Waals surface area contributed by atoms with Gasteiger partial charge in [-0.15, -0.1) is 0 Å². The summed E-state index contributed by atoms with van der Waals surface area (Å²) in [7, 11) is 0. The lowest BCUT2D eigenvalue weighted by atomic mass is 10.1. The smallest absolute Gasteiger partial charge is 0.311 e. The second-order valence-corrected chi connectivity index (χ2v) is 7.43. The van der Waals surface area contributed by atoms with E-state index in [-0.39, 0.29) is 25.5 Å². The van der Waals surface area contributed by atoms with Crippen molar-refractivity contribution in [2.75, 3.05) is 23.4 Å². The zero-order chi connectivity index (χ0) is 21.1. The van der Waals surface area contributed by atoms with E-state index in [1.807, 2.05) is 67.6 Å². The van der Waals surface area contributed by atoms with Crippen molar-refractivity contribution in [2.45, 2.75) is 13.3 Å². The van der Waals surface area contributed by atoms with Crippen molar-refractivity contribution in [1.82, 2.24) is 0 Å². The third-order valence-electron chi connectivity index (χ3n) is 5.16. The number of hydrogen-bond donors (Lipinski definition) is 1. The van der Waals surface area contributed by atoms with E-state index in [9.17, 15) is 14.4 Å². The summed E-state index contributed by atoms with van der Waals surface area (Å²) < 4.78 is 5.18. The van der Waals surface area contributed by atoms with E-state index in [4.69, 9.17) is 4.74 Å². The molecule has 2 amide bonds. The summed E-state index contributed by atoms with van der Waals surface area (Å²) in [6, 6.07) is 20.9. The first kappa shape index (κ1) is 19.6. The monoisotopic (exact) mass is 402 g/mol. The molecule has 1 fully saturated rings. The second-order valence-electron chi connectivity index (χ2n) is 7.43. The molecule has 1 aliphatic heterocycles. The number of carbonyl (C=O) groups is 3. The minimum Gasteiger partial charge on any atom is -0.455 e. The molecule has 30 heavy (non-hydrogen) atoms. The first-order valence-corrected chi connectivity index (χ1v) is 9.82. The largest absolute Gasteiger partial charge is 0.455 e. The predicted molar refractivity (Wildman–Crippen MR) is 115 cm³/mol. The van der Waals surface area contributed by atoms with Crippen molar-refractivity contribution < 1.29 is 19.1 Å². The van der Waals surface area contributed by atoms with Gasteiger partial charge in [0.05, 0.1) is 11.6 Å². The maximum absolute atomic E-state index is 12.6. The molecule has 6 nitrogen and oxygen atoms in total. The molecule has 3 aromatic carbocycles. The summed E-state index contributed by atoms with van der Waals surface area (Å²) in [5, 5.41) is 4.69. The number of benzene rings is 3. The Balaban J connectivity index is 1.38. The Morgan fingerprint density at radius 1 is 1.07 bits per heavy atom. The molecule has 1 atom stereocenters. The van der Waals surface area contributed by atoms with Crippen molar-refractivity contribution in [2.24, 2.45) is 5.92 Å². The molecule has 152 valence electrons. The SMILES string of the molecule is Cc1cccc(NC(=O)COC(=O)[C@@H]2CC(=O)N(c3cccc4ccccc34)C2)c1. The number of fused-ring (bicyclic) bond motifs is 1. The van der Waals surface area contributed by atoms with Crippen LogP contribution in [0.15, 0.2) is 66.7 Å². The molecule has 0 unspecified atom stereocenters. The Labute approximate surface area is 174 Å². The summed E-state index contributed by atoms with van der Waals surface area (Å²) in [6.45, 7) is 1.78. The minimum atomic E-state index is -0.594. The van der Waals surface area contributed by atoms with Gasteiger partial charge in [0.1, 0.15) is 0 Å². The van der Waals surface area contributed by atoms with Crippen LogP contribution in [0.25, 0.3) is 10.8 Å². The molecular weight excluding hydrogens is 380 g/mol. The van der Waals surface area contributed by atoms with Crippen LogP contribution in [0.4, 0.5) is 11.4 Å². The van der Waals surface area contributed by atoms with Crippen LogP contribution >= 0.6 is 0 Å². The van der Waals surface area contributed by atoms with Gasteiger partial charge in [-0.25, -0.2) is 0 Å². The number of rotatable bonds is 5. The van der Waals surface area contributed by atoms with Crippen molar-refractivity contribution in [1.29, 1.82) is 0 Å². The first-order chi connectivity index (χ1) is 14.5. The van der Waals surface area contributed by atoms with E-state index in [2.05, 4.69) is 5.32 Å². The van der Waals surface area contributed by atoms with Crippen LogP contribution in [0.3, 0.4) is 0 Å². The standard InChI is InChI=1S/C24H22N2O4/c1-16-6-4-9-19(12-16)25-22(27)15-30-24(29)18-13-23(28)26(14-18)21-11-5-8-17-7-2-3-10-20(17)21/h2-12,18H,13-15H2,1H3,(H,25,27)/t18-/m1/s1. The summed E-state index contributed by atoms with van der Waals surface area (Å²) in [4.78, 5) is 38.7. The highest BCUT2D eigenvalue weighted by atomic mass is 16.5. The fourth-order valence-corrected chi connectivity index (χ4v) is 3.72. The molecule has 0 saturated carbocycles. The van der Waals surface area contributed by atoms with E-state index >= 15 is 0 Å². The van der Waals surface area contributed by atoms with E-state index in [0.717, 1.165) is 22.0 Å². The van der Waals surface area contributed by atoms with E-state index in [1.165, 1.54) is 0 Å². The normalized spacial score (nSPS) is 16.0. The number of carbonyl (C=O) groups excluding carboxylic acids is 3. The lowest BCUT2D eigenvalue weighted by Crippen LogP contribution is -2.28. The topological polar surface area (TPSA) is 75.7 Å². The minimum absolute atomic E-state index is 0.0710. The molecule has 1 heterocycles. The highest BCUT2D eigenvalue weighted by molar-refractivity contribution is 6.06. The summed E-state index contributed by atoms with van der Waals surface area (Å²) in [5.41, 5.74) is 2.45.